The van der Waals surface area contributed by atoms with Crippen LogP contribution in [0.4, 0.5) is 0 Å². The molecule has 0 bridgehead atoms. The van der Waals surface area contributed by atoms with Crippen LogP contribution in [-0.2, 0) is 6.42 Å². The van der Waals surface area contributed by atoms with E-state index in [0.29, 0.717) is 12.6 Å². The molecular weight excluding hydrogens is 312 g/mol. The monoisotopic (exact) mass is 344 g/mol. The van der Waals surface area contributed by atoms with Crippen LogP contribution in [0, 0.1) is 5.92 Å². The molecule has 2 unspecified atom stereocenters. The molecule has 1 aliphatic carbocycles. The van der Waals surface area contributed by atoms with E-state index >= 15 is 0 Å². The lowest BCUT2D eigenvalue weighted by Crippen LogP contribution is -2.39. The number of guanidine groups is 1. The first-order valence-corrected chi connectivity index (χ1v) is 9.40. The topological polar surface area (TPSA) is 56.7 Å². The summed E-state index contributed by atoms with van der Waals surface area (Å²) >= 11 is 0. The fourth-order valence-electron chi connectivity index (χ4n) is 3.02. The summed E-state index contributed by atoms with van der Waals surface area (Å²) in [6.07, 6.45) is 4.63. The Labute approximate surface area is 151 Å². The number of carbonyl (C=O) groups is 1. The molecule has 5 nitrogen and oxygen atoms in total. The standard InChI is InChI=1S/C20H32N4O/c1-5-8-16-14-18(16)23-20(21-6-2)22-12-11-15-9-7-10-17(13-15)19(25)24(3)4/h7,9-10,13,16,18H,5-6,8,11-12,14H2,1-4H3,(H2,21,22,23). The molecule has 1 fully saturated rings. The molecule has 2 rings (SSSR count). The van der Waals surface area contributed by atoms with Gasteiger partial charge in [-0.2, -0.15) is 0 Å². The van der Waals surface area contributed by atoms with Crippen molar-refractivity contribution in [3.63, 3.8) is 0 Å². The largest absolute Gasteiger partial charge is 0.357 e. The normalized spacial score (nSPS) is 19.4. The zero-order valence-electron chi connectivity index (χ0n) is 16.0. The number of carbonyl (C=O) groups excluding carboxylic acids is 1. The first-order valence-electron chi connectivity index (χ1n) is 9.40. The minimum absolute atomic E-state index is 0.0380. The molecular formula is C20H32N4O. The molecule has 0 heterocycles. The first kappa shape index (κ1) is 19.3. The molecule has 0 aromatic heterocycles. The van der Waals surface area contributed by atoms with Crippen LogP contribution in [0.3, 0.4) is 0 Å². The zero-order chi connectivity index (χ0) is 18.2. The Morgan fingerprint density at radius 2 is 2.12 bits per heavy atom. The van der Waals surface area contributed by atoms with Gasteiger partial charge >= 0.3 is 0 Å². The fourth-order valence-corrected chi connectivity index (χ4v) is 3.02. The van der Waals surface area contributed by atoms with E-state index in [0.717, 1.165) is 36.0 Å². The molecule has 0 spiro atoms. The van der Waals surface area contributed by atoms with Crippen molar-refractivity contribution < 1.29 is 4.79 Å². The Hall–Kier alpha value is -2.04. The maximum Gasteiger partial charge on any atom is 0.253 e. The lowest BCUT2D eigenvalue weighted by atomic mass is 10.1. The van der Waals surface area contributed by atoms with Crippen molar-refractivity contribution >= 4 is 11.9 Å². The van der Waals surface area contributed by atoms with Gasteiger partial charge in [-0.3, -0.25) is 9.79 Å². The van der Waals surface area contributed by atoms with Crippen LogP contribution >= 0.6 is 0 Å². The van der Waals surface area contributed by atoms with Gasteiger partial charge in [0.15, 0.2) is 5.96 Å². The fraction of sp³-hybridized carbons (Fsp3) is 0.600. The summed E-state index contributed by atoms with van der Waals surface area (Å²) in [6, 6.07) is 8.41. The van der Waals surface area contributed by atoms with Crippen LogP contribution in [0.1, 0.15) is 49.0 Å². The van der Waals surface area contributed by atoms with E-state index < -0.39 is 0 Å². The SMILES string of the molecule is CCCC1CC1NC(=NCCc1cccc(C(=O)N(C)C)c1)NCC. The van der Waals surface area contributed by atoms with Crippen LogP contribution in [0.15, 0.2) is 29.3 Å². The number of nitrogens with one attached hydrogen (secondary N) is 2. The van der Waals surface area contributed by atoms with Gasteiger partial charge in [0.25, 0.3) is 5.91 Å². The number of amides is 1. The van der Waals surface area contributed by atoms with E-state index in [-0.39, 0.29) is 5.91 Å². The van der Waals surface area contributed by atoms with Crippen LogP contribution in [-0.4, -0.2) is 50.0 Å². The summed E-state index contributed by atoms with van der Waals surface area (Å²) in [6.45, 7) is 5.90. The predicted molar refractivity (Wildman–Crippen MR) is 104 cm³/mol. The number of hydrogen-bond donors (Lipinski definition) is 2. The molecule has 1 amide bonds. The summed E-state index contributed by atoms with van der Waals surface area (Å²) in [5.74, 6) is 1.75. The molecule has 2 N–H and O–H groups in total. The van der Waals surface area contributed by atoms with E-state index in [4.69, 9.17) is 4.99 Å². The highest BCUT2D eigenvalue weighted by molar-refractivity contribution is 5.94. The third-order valence-corrected chi connectivity index (χ3v) is 4.50. The average molecular weight is 345 g/mol. The second-order valence-electron chi connectivity index (χ2n) is 6.95. The smallest absolute Gasteiger partial charge is 0.253 e. The number of rotatable bonds is 8. The lowest BCUT2D eigenvalue weighted by Gasteiger charge is -2.12. The van der Waals surface area contributed by atoms with E-state index in [1.54, 1.807) is 19.0 Å². The number of benzene rings is 1. The van der Waals surface area contributed by atoms with Crippen molar-refractivity contribution in [2.75, 3.05) is 27.2 Å². The summed E-state index contributed by atoms with van der Waals surface area (Å²) in [5.41, 5.74) is 1.87. The molecule has 25 heavy (non-hydrogen) atoms. The van der Waals surface area contributed by atoms with Gasteiger partial charge < -0.3 is 15.5 Å². The van der Waals surface area contributed by atoms with Crippen LogP contribution in [0.25, 0.3) is 0 Å². The van der Waals surface area contributed by atoms with Gasteiger partial charge in [0.05, 0.1) is 0 Å². The maximum absolute atomic E-state index is 12.1. The van der Waals surface area contributed by atoms with E-state index in [1.807, 2.05) is 18.2 Å². The zero-order valence-corrected chi connectivity index (χ0v) is 16.0. The number of aliphatic imine (C=N–C) groups is 1. The van der Waals surface area contributed by atoms with Gasteiger partial charge in [-0.1, -0.05) is 25.5 Å². The van der Waals surface area contributed by atoms with E-state index in [2.05, 4.69) is 30.5 Å². The van der Waals surface area contributed by atoms with Gasteiger partial charge in [-0.25, -0.2) is 0 Å². The minimum atomic E-state index is 0.0380. The van der Waals surface area contributed by atoms with Gasteiger partial charge in [0.1, 0.15) is 0 Å². The first-order chi connectivity index (χ1) is 12.0. The van der Waals surface area contributed by atoms with Crippen molar-refractivity contribution in [3.8, 4) is 0 Å². The van der Waals surface area contributed by atoms with Gasteiger partial charge in [0, 0.05) is 38.8 Å². The molecule has 1 saturated carbocycles. The minimum Gasteiger partial charge on any atom is -0.357 e. The summed E-state index contributed by atoms with van der Waals surface area (Å²) in [5, 5.41) is 6.86. The van der Waals surface area contributed by atoms with Crippen molar-refractivity contribution in [2.24, 2.45) is 10.9 Å². The summed E-state index contributed by atoms with van der Waals surface area (Å²) < 4.78 is 0. The molecule has 0 aliphatic heterocycles. The quantitative estimate of drug-likeness (QED) is 0.563. The van der Waals surface area contributed by atoms with Crippen molar-refractivity contribution in [3.05, 3.63) is 35.4 Å². The molecule has 5 heteroatoms. The van der Waals surface area contributed by atoms with Crippen LogP contribution in [0.5, 0.6) is 0 Å². The Bertz CT molecular complexity index is 597. The Morgan fingerprint density at radius 1 is 1.32 bits per heavy atom. The van der Waals surface area contributed by atoms with Crippen LogP contribution in [0.2, 0.25) is 0 Å². The highest BCUT2D eigenvalue weighted by Crippen LogP contribution is 2.34. The molecule has 1 aromatic carbocycles. The second kappa shape index (κ2) is 9.44. The Kier molecular flexibility index (Phi) is 7.29. The number of nitrogens with zero attached hydrogens (tertiary/aromatic N) is 2. The average Bonchev–Trinajstić information content (AvgIpc) is 3.32. The van der Waals surface area contributed by atoms with E-state index in [9.17, 15) is 4.79 Å². The third kappa shape index (κ3) is 6.07. The third-order valence-electron chi connectivity index (χ3n) is 4.50. The van der Waals surface area contributed by atoms with Crippen molar-refractivity contribution in [2.45, 2.75) is 45.6 Å². The van der Waals surface area contributed by atoms with Gasteiger partial charge in [-0.15, -0.1) is 0 Å². The van der Waals surface area contributed by atoms with Crippen molar-refractivity contribution in [1.29, 1.82) is 0 Å². The molecule has 1 aliphatic rings. The number of hydrogen-bond acceptors (Lipinski definition) is 2. The highest BCUT2D eigenvalue weighted by atomic mass is 16.2. The molecule has 0 radical (unpaired) electrons. The molecule has 0 saturated heterocycles. The molecule has 2 atom stereocenters. The second-order valence-corrected chi connectivity index (χ2v) is 6.95. The summed E-state index contributed by atoms with van der Waals surface area (Å²) in [4.78, 5) is 18.4. The summed E-state index contributed by atoms with van der Waals surface area (Å²) in [7, 11) is 3.55. The van der Waals surface area contributed by atoms with E-state index in [1.165, 1.54) is 19.3 Å². The highest BCUT2D eigenvalue weighted by Gasteiger charge is 2.36. The van der Waals surface area contributed by atoms with Crippen LogP contribution < -0.4 is 10.6 Å². The molecule has 1 aromatic rings. The lowest BCUT2D eigenvalue weighted by molar-refractivity contribution is 0.0827. The van der Waals surface area contributed by atoms with Gasteiger partial charge in [0.2, 0.25) is 0 Å². The Balaban J connectivity index is 1.89. The van der Waals surface area contributed by atoms with Crippen molar-refractivity contribution in [1.82, 2.24) is 15.5 Å². The maximum atomic E-state index is 12.1. The predicted octanol–water partition coefficient (Wildman–Crippen LogP) is 2.67. The molecule has 138 valence electrons. The Morgan fingerprint density at radius 3 is 2.80 bits per heavy atom. The van der Waals surface area contributed by atoms with Gasteiger partial charge in [-0.05, 0) is 49.8 Å².